The van der Waals surface area contributed by atoms with Crippen molar-refractivity contribution in [1.82, 2.24) is 0 Å². The Labute approximate surface area is 202 Å². The second-order valence-corrected chi connectivity index (χ2v) is 9.05. The highest BCUT2D eigenvalue weighted by molar-refractivity contribution is 7.99. The average molecular weight is 482 g/mol. The Morgan fingerprint density at radius 1 is 0.970 bits per heavy atom. The van der Waals surface area contributed by atoms with Gasteiger partial charge in [-0.15, -0.1) is 11.8 Å². The van der Waals surface area contributed by atoms with Crippen LogP contribution in [0.2, 0.25) is 5.02 Å². The van der Waals surface area contributed by atoms with Crippen molar-refractivity contribution < 1.29 is 19.4 Å². The number of fused-ring (bicyclic) bond motifs is 1. The number of anilines is 1. The normalized spacial score (nSPS) is 12.8. The fourth-order valence-electron chi connectivity index (χ4n) is 3.65. The molecule has 0 aliphatic carbocycles. The van der Waals surface area contributed by atoms with Crippen molar-refractivity contribution in [1.29, 1.82) is 0 Å². The molecule has 1 aliphatic rings. The molecule has 0 aromatic heterocycles. The zero-order chi connectivity index (χ0) is 23.4. The van der Waals surface area contributed by atoms with Crippen LogP contribution in [0.4, 0.5) is 5.69 Å². The third kappa shape index (κ3) is 5.29. The third-order valence-corrected chi connectivity index (χ3v) is 6.83. The number of thioether (sulfide) groups is 1. The first-order valence-electron chi connectivity index (χ1n) is 10.4. The molecule has 1 amide bonds. The smallest absolute Gasteiger partial charge is 0.256 e. The van der Waals surface area contributed by atoms with E-state index in [0.717, 1.165) is 34.6 Å². The van der Waals surface area contributed by atoms with Crippen molar-refractivity contribution in [2.75, 3.05) is 25.3 Å². The number of ether oxygens (including phenoxy) is 2. The number of hydrogen-bond donors (Lipinski definition) is 2. The van der Waals surface area contributed by atoms with E-state index in [2.05, 4.69) is 5.32 Å². The second-order valence-electron chi connectivity index (χ2n) is 7.60. The monoisotopic (exact) mass is 481 g/mol. The number of aryl methyl sites for hydroxylation is 2. The average Bonchev–Trinajstić information content (AvgIpc) is 2.84. The molecule has 4 rings (SSSR count). The molecule has 0 atom stereocenters. The van der Waals surface area contributed by atoms with E-state index in [-0.39, 0.29) is 11.7 Å². The molecule has 1 aliphatic heterocycles. The van der Waals surface area contributed by atoms with Gasteiger partial charge in [0, 0.05) is 26.9 Å². The van der Waals surface area contributed by atoms with Gasteiger partial charge < -0.3 is 19.9 Å². The van der Waals surface area contributed by atoms with Crippen LogP contribution >= 0.6 is 23.4 Å². The fraction of sp³-hybridized carbons (Fsp3) is 0.192. The quantitative estimate of drug-likeness (QED) is 0.423. The maximum atomic E-state index is 12.8. The molecule has 1 heterocycles. The van der Waals surface area contributed by atoms with E-state index in [1.54, 1.807) is 26.4 Å². The molecule has 7 heteroatoms. The first kappa shape index (κ1) is 23.1. The number of carbonyl (C=O) groups is 1. The lowest BCUT2D eigenvalue weighted by Gasteiger charge is -2.19. The lowest BCUT2D eigenvalue weighted by Crippen LogP contribution is -2.19. The van der Waals surface area contributed by atoms with Crippen LogP contribution in [0.1, 0.15) is 16.7 Å². The van der Waals surface area contributed by atoms with Crippen LogP contribution < -0.4 is 14.8 Å². The number of aliphatic hydroxyl groups excluding tert-OH is 1. The molecule has 0 saturated carbocycles. The highest BCUT2D eigenvalue weighted by Gasteiger charge is 2.24. The summed E-state index contributed by atoms with van der Waals surface area (Å²) in [5.74, 6) is 1.50. The van der Waals surface area contributed by atoms with Gasteiger partial charge in [-0.25, -0.2) is 0 Å². The fourth-order valence-corrected chi connectivity index (χ4v) is 4.87. The van der Waals surface area contributed by atoms with E-state index >= 15 is 0 Å². The number of aliphatic hydroxyl groups is 1. The van der Waals surface area contributed by atoms with E-state index in [1.165, 1.54) is 11.8 Å². The van der Waals surface area contributed by atoms with E-state index in [1.807, 2.05) is 48.5 Å². The van der Waals surface area contributed by atoms with E-state index in [0.29, 0.717) is 33.3 Å². The van der Waals surface area contributed by atoms with Gasteiger partial charge in [-0.3, -0.25) is 4.79 Å². The minimum atomic E-state index is -0.316. The van der Waals surface area contributed by atoms with E-state index in [9.17, 15) is 9.90 Å². The van der Waals surface area contributed by atoms with E-state index in [4.69, 9.17) is 21.1 Å². The number of halogens is 1. The van der Waals surface area contributed by atoms with Gasteiger partial charge in [-0.1, -0.05) is 29.8 Å². The van der Waals surface area contributed by atoms with Crippen molar-refractivity contribution in [3.63, 3.8) is 0 Å². The summed E-state index contributed by atoms with van der Waals surface area (Å²) in [4.78, 5) is 13.7. The molecule has 3 aromatic carbocycles. The first-order valence-corrected chi connectivity index (χ1v) is 11.8. The molecule has 0 fully saturated rings. The predicted molar refractivity (Wildman–Crippen MR) is 134 cm³/mol. The minimum Gasteiger partial charge on any atom is -0.507 e. The zero-order valence-corrected chi connectivity index (χ0v) is 19.9. The van der Waals surface area contributed by atoms with Gasteiger partial charge in [0.05, 0.1) is 19.8 Å². The lowest BCUT2D eigenvalue weighted by molar-refractivity contribution is -0.112. The molecule has 0 radical (unpaired) electrons. The van der Waals surface area contributed by atoms with Crippen molar-refractivity contribution in [2.24, 2.45) is 0 Å². The molecule has 0 unspecified atom stereocenters. The number of benzene rings is 3. The van der Waals surface area contributed by atoms with Crippen molar-refractivity contribution in [3.05, 3.63) is 87.9 Å². The van der Waals surface area contributed by atoms with Crippen LogP contribution in [0.5, 0.6) is 11.5 Å². The van der Waals surface area contributed by atoms with Gasteiger partial charge in [0.2, 0.25) is 0 Å². The van der Waals surface area contributed by atoms with Crippen LogP contribution in [0.25, 0.3) is 5.76 Å². The Morgan fingerprint density at radius 3 is 2.39 bits per heavy atom. The predicted octanol–water partition coefficient (Wildman–Crippen LogP) is 6.16. The summed E-state index contributed by atoms with van der Waals surface area (Å²) in [6.07, 6.45) is 1.70. The number of rotatable bonds is 7. The molecule has 3 aromatic rings. The first-order chi connectivity index (χ1) is 16.0. The van der Waals surface area contributed by atoms with Gasteiger partial charge in [-0.05, 0) is 66.4 Å². The van der Waals surface area contributed by atoms with Crippen molar-refractivity contribution in [3.8, 4) is 11.5 Å². The van der Waals surface area contributed by atoms with Crippen LogP contribution in [0.15, 0.2) is 71.1 Å². The maximum Gasteiger partial charge on any atom is 0.256 e. The topological polar surface area (TPSA) is 67.8 Å². The van der Waals surface area contributed by atoms with Gasteiger partial charge in [0.1, 0.15) is 5.76 Å². The molecular formula is C26H24ClNO4S. The SMILES string of the molecule is COc1ccc(CCc2ccc(NC(=O)C3=C(O)c4cc(Cl)ccc4SC3)cc2)cc1OC. The maximum absolute atomic E-state index is 12.8. The highest BCUT2D eigenvalue weighted by atomic mass is 35.5. The Balaban J connectivity index is 1.40. The summed E-state index contributed by atoms with van der Waals surface area (Å²) >= 11 is 7.56. The van der Waals surface area contributed by atoms with Crippen molar-refractivity contribution in [2.45, 2.75) is 17.7 Å². The Morgan fingerprint density at radius 2 is 1.67 bits per heavy atom. The second kappa shape index (κ2) is 10.2. The molecule has 5 nitrogen and oxygen atoms in total. The Bertz CT molecular complexity index is 1210. The zero-order valence-electron chi connectivity index (χ0n) is 18.4. The van der Waals surface area contributed by atoms with Crippen LogP contribution in [-0.4, -0.2) is 31.0 Å². The largest absolute Gasteiger partial charge is 0.507 e. The summed E-state index contributed by atoms with van der Waals surface area (Å²) in [7, 11) is 3.25. The minimum absolute atomic E-state index is 0.0183. The number of hydrogen-bond acceptors (Lipinski definition) is 5. The summed E-state index contributed by atoms with van der Waals surface area (Å²) in [5, 5.41) is 14.0. The van der Waals surface area contributed by atoms with E-state index < -0.39 is 0 Å². The van der Waals surface area contributed by atoms with Crippen molar-refractivity contribution >= 4 is 40.7 Å². The molecule has 0 saturated heterocycles. The third-order valence-electron chi connectivity index (χ3n) is 5.49. The summed E-state index contributed by atoms with van der Waals surface area (Å²) < 4.78 is 10.7. The Hall–Kier alpha value is -3.09. The standard InChI is InChI=1S/C26H24ClNO4S/c1-31-22-11-7-17(13-23(22)32-2)4-3-16-5-9-19(10-6-16)28-26(30)21-15-33-24-12-8-18(27)14-20(24)25(21)29/h5-14,29H,3-4,15H2,1-2H3,(H,28,30). The molecule has 33 heavy (non-hydrogen) atoms. The van der Waals surface area contributed by atoms with Gasteiger partial charge in [-0.2, -0.15) is 0 Å². The summed E-state index contributed by atoms with van der Waals surface area (Å²) in [6.45, 7) is 0. The number of nitrogens with one attached hydrogen (secondary N) is 1. The number of carbonyl (C=O) groups excluding carboxylic acids is 1. The highest BCUT2D eigenvalue weighted by Crippen LogP contribution is 2.37. The summed E-state index contributed by atoms with van der Waals surface area (Å²) in [6, 6.07) is 19.0. The molecular weight excluding hydrogens is 458 g/mol. The number of methoxy groups -OCH3 is 2. The van der Waals surface area contributed by atoms with Crippen LogP contribution in [0, 0.1) is 0 Å². The summed E-state index contributed by atoms with van der Waals surface area (Å²) in [5.41, 5.74) is 3.92. The molecule has 0 spiro atoms. The van der Waals surface area contributed by atoms with Gasteiger partial charge >= 0.3 is 0 Å². The van der Waals surface area contributed by atoms with Gasteiger partial charge in [0.15, 0.2) is 11.5 Å². The molecule has 170 valence electrons. The molecule has 0 bridgehead atoms. The van der Waals surface area contributed by atoms with Crippen LogP contribution in [-0.2, 0) is 17.6 Å². The van der Waals surface area contributed by atoms with Crippen LogP contribution in [0.3, 0.4) is 0 Å². The van der Waals surface area contributed by atoms with Gasteiger partial charge in [0.25, 0.3) is 5.91 Å². The number of amides is 1. The lowest BCUT2D eigenvalue weighted by atomic mass is 10.0. The Kier molecular flexibility index (Phi) is 7.16. The molecule has 2 N–H and O–H groups in total.